The molecule has 0 aliphatic heterocycles. The Morgan fingerprint density at radius 2 is 1.95 bits per heavy atom. The number of halogens is 1. The molecule has 0 saturated carbocycles. The zero-order valence-electron chi connectivity index (χ0n) is 12.8. The second-order valence-corrected chi connectivity index (χ2v) is 5.25. The average Bonchev–Trinajstić information content (AvgIpc) is 2.37. The summed E-state index contributed by atoms with van der Waals surface area (Å²) in [7, 11) is 1.34. The van der Waals surface area contributed by atoms with Crippen LogP contribution < -0.4 is 11.1 Å². The largest absolute Gasteiger partial charge is 0.465 e. The Kier molecular flexibility index (Phi) is 7.99. The van der Waals surface area contributed by atoms with E-state index in [2.05, 4.69) is 10.1 Å². The van der Waals surface area contributed by atoms with Crippen molar-refractivity contribution in [2.75, 3.05) is 12.4 Å². The number of hydrogen-bond donors (Lipinski definition) is 2. The highest BCUT2D eigenvalue weighted by Crippen LogP contribution is 2.16. The second kappa shape index (κ2) is 8.64. The van der Waals surface area contributed by atoms with Gasteiger partial charge >= 0.3 is 5.97 Å². The summed E-state index contributed by atoms with van der Waals surface area (Å²) in [4.78, 5) is 23.4. The number of carbonyl (C=O) groups is 2. The van der Waals surface area contributed by atoms with E-state index >= 15 is 0 Å². The van der Waals surface area contributed by atoms with Crippen LogP contribution in [0.3, 0.4) is 0 Å². The van der Waals surface area contributed by atoms with Crippen LogP contribution in [0.1, 0.15) is 36.2 Å². The number of carbonyl (C=O) groups excluding carboxylic acids is 2. The molecule has 0 aliphatic carbocycles. The van der Waals surface area contributed by atoms with Gasteiger partial charge in [0.1, 0.15) is 0 Å². The Morgan fingerprint density at radius 3 is 2.43 bits per heavy atom. The van der Waals surface area contributed by atoms with Gasteiger partial charge in [-0.05, 0) is 43.0 Å². The molecule has 6 heteroatoms. The highest BCUT2D eigenvalue weighted by Gasteiger charge is 2.16. The van der Waals surface area contributed by atoms with E-state index in [1.807, 2.05) is 13.8 Å². The highest BCUT2D eigenvalue weighted by atomic mass is 35.5. The second-order valence-electron chi connectivity index (χ2n) is 5.25. The number of nitrogens with one attached hydrogen (secondary N) is 1. The molecule has 0 fully saturated rings. The first kappa shape index (κ1) is 19.4. The van der Waals surface area contributed by atoms with Gasteiger partial charge in [0.05, 0.1) is 18.7 Å². The first-order valence-corrected chi connectivity index (χ1v) is 6.60. The van der Waals surface area contributed by atoms with Crippen molar-refractivity contribution < 1.29 is 14.3 Å². The molecule has 0 heterocycles. The topological polar surface area (TPSA) is 81.4 Å². The summed E-state index contributed by atoms with van der Waals surface area (Å²) < 4.78 is 4.67. The van der Waals surface area contributed by atoms with E-state index < -0.39 is 12.0 Å². The SMILES string of the molecule is COC(=O)c1ccc(NC(=O)[C@@H](N)CC(C)C)cc1C.Cl. The first-order valence-electron chi connectivity index (χ1n) is 6.60. The quantitative estimate of drug-likeness (QED) is 0.818. The molecular formula is C15H23ClN2O3. The monoisotopic (exact) mass is 314 g/mol. The molecule has 1 aromatic carbocycles. The smallest absolute Gasteiger partial charge is 0.338 e. The molecule has 118 valence electrons. The number of hydrogen-bond acceptors (Lipinski definition) is 4. The maximum atomic E-state index is 11.9. The number of esters is 1. The number of rotatable bonds is 5. The van der Waals surface area contributed by atoms with E-state index in [1.54, 1.807) is 25.1 Å². The van der Waals surface area contributed by atoms with Crippen molar-refractivity contribution in [3.63, 3.8) is 0 Å². The van der Waals surface area contributed by atoms with Crippen LogP contribution in [0.2, 0.25) is 0 Å². The third-order valence-electron chi connectivity index (χ3n) is 2.96. The molecule has 0 radical (unpaired) electrons. The maximum Gasteiger partial charge on any atom is 0.338 e. The molecule has 1 atom stereocenters. The summed E-state index contributed by atoms with van der Waals surface area (Å²) in [5.74, 6) is -0.250. The maximum absolute atomic E-state index is 11.9. The number of methoxy groups -OCH3 is 1. The van der Waals surface area contributed by atoms with E-state index in [-0.39, 0.29) is 18.3 Å². The van der Waals surface area contributed by atoms with Crippen LogP contribution in [0.25, 0.3) is 0 Å². The predicted octanol–water partition coefficient (Wildman–Crippen LogP) is 2.52. The molecule has 0 saturated heterocycles. The van der Waals surface area contributed by atoms with Gasteiger partial charge in [0.15, 0.2) is 0 Å². The minimum atomic E-state index is -0.532. The fraction of sp³-hybridized carbons (Fsp3) is 0.467. The molecule has 0 unspecified atom stereocenters. The van der Waals surface area contributed by atoms with Gasteiger partial charge in [0.2, 0.25) is 5.91 Å². The van der Waals surface area contributed by atoms with Gasteiger partial charge in [-0.25, -0.2) is 4.79 Å². The lowest BCUT2D eigenvalue weighted by atomic mass is 10.0. The number of benzene rings is 1. The van der Waals surface area contributed by atoms with Crippen LogP contribution >= 0.6 is 12.4 Å². The van der Waals surface area contributed by atoms with Crippen molar-refractivity contribution >= 4 is 30.0 Å². The highest BCUT2D eigenvalue weighted by molar-refractivity contribution is 5.96. The van der Waals surface area contributed by atoms with Crippen LogP contribution in [0, 0.1) is 12.8 Å². The summed E-state index contributed by atoms with van der Waals surface area (Å²) in [6, 6.07) is 4.49. The molecule has 5 nitrogen and oxygen atoms in total. The van der Waals surface area contributed by atoms with Gasteiger partial charge in [-0.15, -0.1) is 12.4 Å². The van der Waals surface area contributed by atoms with Crippen LogP contribution in [0.15, 0.2) is 18.2 Å². The molecule has 0 aromatic heterocycles. The van der Waals surface area contributed by atoms with E-state index in [0.717, 1.165) is 5.56 Å². The summed E-state index contributed by atoms with van der Waals surface area (Å²) in [5.41, 5.74) is 7.67. The van der Waals surface area contributed by atoms with E-state index in [9.17, 15) is 9.59 Å². The van der Waals surface area contributed by atoms with Crippen LogP contribution in [0.4, 0.5) is 5.69 Å². The van der Waals surface area contributed by atoms with E-state index in [0.29, 0.717) is 23.6 Å². The molecule has 0 aliphatic rings. The molecule has 1 aromatic rings. The number of nitrogens with two attached hydrogens (primary N) is 1. The number of aryl methyl sites for hydroxylation is 1. The van der Waals surface area contributed by atoms with Crippen LogP contribution in [-0.4, -0.2) is 25.0 Å². The average molecular weight is 315 g/mol. The summed E-state index contributed by atoms with van der Waals surface area (Å²) >= 11 is 0. The van der Waals surface area contributed by atoms with Crippen molar-refractivity contribution in [2.45, 2.75) is 33.2 Å². The Bertz CT molecular complexity index is 504. The minimum absolute atomic E-state index is 0. The van der Waals surface area contributed by atoms with E-state index in [1.165, 1.54) is 7.11 Å². The lowest BCUT2D eigenvalue weighted by Crippen LogP contribution is -2.36. The normalized spacial score (nSPS) is 11.5. The zero-order chi connectivity index (χ0) is 15.3. The van der Waals surface area contributed by atoms with Crippen molar-refractivity contribution in [1.29, 1.82) is 0 Å². The van der Waals surface area contributed by atoms with Gasteiger partial charge in [-0.1, -0.05) is 13.8 Å². The molecule has 21 heavy (non-hydrogen) atoms. The van der Waals surface area contributed by atoms with Gasteiger partial charge in [0, 0.05) is 5.69 Å². The third kappa shape index (κ3) is 5.73. The fourth-order valence-corrected chi connectivity index (χ4v) is 1.93. The Morgan fingerprint density at radius 1 is 1.33 bits per heavy atom. The summed E-state index contributed by atoms with van der Waals surface area (Å²) in [6.07, 6.45) is 0.630. The zero-order valence-corrected chi connectivity index (χ0v) is 13.6. The lowest BCUT2D eigenvalue weighted by Gasteiger charge is -2.15. The number of ether oxygens (including phenoxy) is 1. The summed E-state index contributed by atoms with van der Waals surface area (Å²) in [5, 5.41) is 2.76. The Hall–Kier alpha value is -1.59. The standard InChI is InChI=1S/C15H22N2O3.ClH/c1-9(2)7-13(16)14(18)17-11-5-6-12(10(3)8-11)15(19)20-4;/h5-6,8-9,13H,7,16H2,1-4H3,(H,17,18);1H/t13-;/m0./s1. The van der Waals surface area contributed by atoms with Gasteiger partial charge in [0.25, 0.3) is 0 Å². The number of amides is 1. The van der Waals surface area contributed by atoms with Crippen molar-refractivity contribution in [3.8, 4) is 0 Å². The first-order chi connectivity index (χ1) is 9.35. The van der Waals surface area contributed by atoms with Crippen LogP contribution in [-0.2, 0) is 9.53 Å². The molecule has 0 bridgehead atoms. The molecule has 3 N–H and O–H groups in total. The fourth-order valence-electron chi connectivity index (χ4n) is 1.93. The molecule has 1 rings (SSSR count). The predicted molar refractivity (Wildman–Crippen MR) is 85.8 cm³/mol. The number of anilines is 1. The molecule has 1 amide bonds. The van der Waals surface area contributed by atoms with Crippen molar-refractivity contribution in [3.05, 3.63) is 29.3 Å². The molecule has 0 spiro atoms. The Labute approximate surface area is 131 Å². The van der Waals surface area contributed by atoms with E-state index in [4.69, 9.17) is 5.73 Å². The van der Waals surface area contributed by atoms with Crippen LogP contribution in [0.5, 0.6) is 0 Å². The van der Waals surface area contributed by atoms with Gasteiger partial charge in [-0.2, -0.15) is 0 Å². The van der Waals surface area contributed by atoms with Crippen molar-refractivity contribution in [2.24, 2.45) is 11.7 Å². The van der Waals surface area contributed by atoms with Gasteiger partial charge < -0.3 is 15.8 Å². The van der Waals surface area contributed by atoms with Gasteiger partial charge in [-0.3, -0.25) is 4.79 Å². The molecular weight excluding hydrogens is 292 g/mol. The van der Waals surface area contributed by atoms with Crippen molar-refractivity contribution in [1.82, 2.24) is 0 Å². The Balaban J connectivity index is 0.00000400. The minimum Gasteiger partial charge on any atom is -0.465 e. The lowest BCUT2D eigenvalue weighted by molar-refractivity contribution is -0.117. The summed E-state index contributed by atoms with van der Waals surface area (Å²) in [6.45, 7) is 5.82. The third-order valence-corrected chi connectivity index (χ3v) is 2.96.